The summed E-state index contributed by atoms with van der Waals surface area (Å²) in [4.78, 5) is 0.957. The summed E-state index contributed by atoms with van der Waals surface area (Å²) in [5.41, 5.74) is 5.85. The van der Waals surface area contributed by atoms with Gasteiger partial charge in [-0.2, -0.15) is 10.1 Å². The van der Waals surface area contributed by atoms with E-state index in [0.717, 1.165) is 4.80 Å². The van der Waals surface area contributed by atoms with Crippen molar-refractivity contribution in [1.82, 2.24) is 20.2 Å². The summed E-state index contributed by atoms with van der Waals surface area (Å²) >= 11 is 0. The van der Waals surface area contributed by atoms with Gasteiger partial charge in [0.1, 0.15) is 4.90 Å². The number of rotatable bonds is 3. The molecule has 1 heterocycles. The highest BCUT2D eigenvalue weighted by Crippen LogP contribution is 2.21. The van der Waals surface area contributed by atoms with E-state index in [2.05, 4.69) is 20.1 Å². The number of nitriles is 1. The molecular weight excluding hydrogens is 270 g/mol. The molecule has 0 aliphatic carbocycles. The lowest BCUT2D eigenvalue weighted by atomic mass is 10.2. The zero-order valence-corrected chi connectivity index (χ0v) is 10.6. The second kappa shape index (κ2) is 4.54. The topological polar surface area (TPSA) is 140 Å². The number of nitrogens with zero attached hydrogens (tertiary/aromatic N) is 5. The van der Waals surface area contributed by atoms with Crippen LogP contribution in [0.15, 0.2) is 23.1 Å². The summed E-state index contributed by atoms with van der Waals surface area (Å²) < 4.78 is 26.2. The minimum atomic E-state index is -3.92. The number of tetrazole rings is 1. The van der Waals surface area contributed by atoms with Crippen LogP contribution in [0.1, 0.15) is 5.56 Å². The molecule has 10 heteroatoms. The predicted octanol–water partition coefficient (Wildman–Crippen LogP) is -0.535. The van der Waals surface area contributed by atoms with Crippen LogP contribution in [0.25, 0.3) is 0 Å². The fourth-order valence-corrected chi connectivity index (χ4v) is 2.41. The number of hydrogen-bond donors (Lipinski definition) is 2. The maximum Gasteiger partial charge on any atom is 0.277 e. The third kappa shape index (κ3) is 2.61. The third-order valence-corrected chi connectivity index (χ3v) is 3.56. The van der Waals surface area contributed by atoms with Gasteiger partial charge in [0.2, 0.25) is 0 Å². The van der Waals surface area contributed by atoms with Crippen molar-refractivity contribution in [2.45, 2.75) is 4.90 Å². The molecule has 3 N–H and O–H groups in total. The van der Waals surface area contributed by atoms with Gasteiger partial charge in [-0.1, -0.05) is 5.10 Å². The van der Waals surface area contributed by atoms with Crippen molar-refractivity contribution >= 4 is 21.7 Å². The molecule has 0 aliphatic rings. The van der Waals surface area contributed by atoms with Gasteiger partial charge in [-0.25, -0.2) is 13.1 Å². The highest BCUT2D eigenvalue weighted by Gasteiger charge is 2.19. The zero-order chi connectivity index (χ0) is 14.0. The van der Waals surface area contributed by atoms with Crippen LogP contribution in [-0.2, 0) is 17.1 Å². The normalized spacial score (nSPS) is 10.9. The molecule has 0 fully saturated rings. The number of aromatic nitrogens is 4. The number of aryl methyl sites for hydroxylation is 1. The average molecular weight is 279 g/mol. The Labute approximate surface area is 108 Å². The van der Waals surface area contributed by atoms with E-state index in [9.17, 15) is 8.42 Å². The fourth-order valence-electron chi connectivity index (χ4n) is 1.36. The van der Waals surface area contributed by atoms with Crippen molar-refractivity contribution in [3.05, 3.63) is 23.8 Å². The first-order valence-electron chi connectivity index (χ1n) is 4.99. The smallest absolute Gasteiger partial charge is 0.277 e. The number of sulfonamides is 1. The molecule has 0 spiro atoms. The SMILES string of the molecule is Cn1nnc(NS(=O)(=O)c2ccc(C#N)cc2N)n1. The molecule has 0 radical (unpaired) electrons. The van der Waals surface area contributed by atoms with Crippen LogP contribution in [0.3, 0.4) is 0 Å². The lowest BCUT2D eigenvalue weighted by molar-refractivity contribution is 0.601. The van der Waals surface area contributed by atoms with E-state index >= 15 is 0 Å². The molecule has 0 bridgehead atoms. The summed E-state index contributed by atoms with van der Waals surface area (Å²) in [5, 5.41) is 19.4. The molecule has 0 unspecified atom stereocenters. The molecule has 1 aromatic heterocycles. The van der Waals surface area contributed by atoms with Crippen LogP contribution in [0.4, 0.5) is 11.6 Å². The van der Waals surface area contributed by atoms with E-state index in [1.807, 2.05) is 6.07 Å². The Morgan fingerprint density at radius 3 is 2.74 bits per heavy atom. The second-order valence-corrected chi connectivity index (χ2v) is 5.22. The molecular formula is C9H9N7O2S. The van der Waals surface area contributed by atoms with Crippen molar-refractivity contribution in [2.24, 2.45) is 7.05 Å². The number of hydrogen-bond acceptors (Lipinski definition) is 7. The minimum absolute atomic E-state index is 0.0320. The van der Waals surface area contributed by atoms with Gasteiger partial charge >= 0.3 is 0 Å². The summed E-state index contributed by atoms with van der Waals surface area (Å²) in [7, 11) is -2.42. The fraction of sp³-hybridized carbons (Fsp3) is 0.111. The van der Waals surface area contributed by atoms with Gasteiger partial charge in [0.15, 0.2) is 0 Å². The van der Waals surface area contributed by atoms with Crippen molar-refractivity contribution in [3.8, 4) is 6.07 Å². The van der Waals surface area contributed by atoms with Gasteiger partial charge < -0.3 is 5.73 Å². The Bertz CT molecular complexity index is 759. The molecule has 0 atom stereocenters. The first-order chi connectivity index (χ1) is 8.92. The minimum Gasteiger partial charge on any atom is -0.398 e. The van der Waals surface area contributed by atoms with Crippen LogP contribution >= 0.6 is 0 Å². The summed E-state index contributed by atoms with van der Waals surface area (Å²) in [6.07, 6.45) is 0. The van der Waals surface area contributed by atoms with Crippen molar-refractivity contribution < 1.29 is 8.42 Å². The van der Waals surface area contributed by atoms with Crippen LogP contribution in [0.2, 0.25) is 0 Å². The molecule has 0 saturated heterocycles. The maximum atomic E-state index is 12.0. The van der Waals surface area contributed by atoms with E-state index < -0.39 is 10.0 Å². The number of nitrogen functional groups attached to an aromatic ring is 1. The van der Waals surface area contributed by atoms with Crippen LogP contribution in [0, 0.1) is 11.3 Å². The van der Waals surface area contributed by atoms with Gasteiger partial charge in [0.05, 0.1) is 24.4 Å². The molecule has 19 heavy (non-hydrogen) atoms. The monoisotopic (exact) mass is 279 g/mol. The Morgan fingerprint density at radius 2 is 2.21 bits per heavy atom. The van der Waals surface area contributed by atoms with Crippen molar-refractivity contribution in [1.29, 1.82) is 5.26 Å². The Hall–Kier alpha value is -2.67. The van der Waals surface area contributed by atoms with Gasteiger partial charge in [-0.3, -0.25) is 0 Å². The average Bonchev–Trinajstić information content (AvgIpc) is 2.73. The largest absolute Gasteiger partial charge is 0.398 e. The third-order valence-electron chi connectivity index (χ3n) is 2.16. The quantitative estimate of drug-likeness (QED) is 0.719. The van der Waals surface area contributed by atoms with Gasteiger partial charge in [-0.15, -0.1) is 5.10 Å². The van der Waals surface area contributed by atoms with Crippen LogP contribution < -0.4 is 10.5 Å². The number of nitrogens with one attached hydrogen (secondary N) is 1. The molecule has 0 aliphatic heterocycles. The maximum absolute atomic E-state index is 12.0. The van der Waals surface area contributed by atoms with Gasteiger partial charge in [0.25, 0.3) is 16.0 Å². The molecule has 9 nitrogen and oxygen atoms in total. The standard InChI is InChI=1S/C9H9N7O2S/c1-16-13-9(12-15-16)14-19(17,18)8-3-2-6(5-10)4-7(8)11/h2-4H,11H2,1H3,(H,13,14). The Kier molecular flexibility index (Phi) is 3.05. The van der Waals surface area contributed by atoms with E-state index in [0.29, 0.717) is 0 Å². The van der Waals surface area contributed by atoms with Gasteiger partial charge in [0, 0.05) is 0 Å². The van der Waals surface area contributed by atoms with E-state index in [-0.39, 0.29) is 22.1 Å². The first-order valence-corrected chi connectivity index (χ1v) is 6.47. The lowest BCUT2D eigenvalue weighted by Crippen LogP contribution is -2.16. The summed E-state index contributed by atoms with van der Waals surface area (Å²) in [6, 6.07) is 5.74. The van der Waals surface area contributed by atoms with Crippen LogP contribution in [-0.4, -0.2) is 28.6 Å². The lowest BCUT2D eigenvalue weighted by Gasteiger charge is -2.07. The number of nitrogens with two attached hydrogens (primary N) is 1. The Morgan fingerprint density at radius 1 is 1.47 bits per heavy atom. The second-order valence-electron chi connectivity index (χ2n) is 3.57. The summed E-state index contributed by atoms with van der Waals surface area (Å²) in [5.74, 6) is -0.161. The molecule has 1 aromatic carbocycles. The molecule has 0 amide bonds. The van der Waals surface area contributed by atoms with Crippen molar-refractivity contribution in [3.63, 3.8) is 0 Å². The van der Waals surface area contributed by atoms with Crippen molar-refractivity contribution in [2.75, 3.05) is 10.5 Å². The van der Waals surface area contributed by atoms with Crippen LogP contribution in [0.5, 0.6) is 0 Å². The Balaban J connectivity index is 2.37. The molecule has 2 rings (SSSR count). The highest BCUT2D eigenvalue weighted by atomic mass is 32.2. The first kappa shape index (κ1) is 12.8. The van der Waals surface area contributed by atoms with E-state index in [1.54, 1.807) is 0 Å². The predicted molar refractivity (Wildman–Crippen MR) is 65.2 cm³/mol. The number of benzene rings is 1. The molecule has 0 saturated carbocycles. The molecule has 2 aromatic rings. The summed E-state index contributed by atoms with van der Waals surface area (Å²) in [6.45, 7) is 0. The van der Waals surface area contributed by atoms with E-state index in [1.165, 1.54) is 25.2 Å². The van der Waals surface area contributed by atoms with Gasteiger partial charge in [-0.05, 0) is 23.4 Å². The highest BCUT2D eigenvalue weighted by molar-refractivity contribution is 7.92. The zero-order valence-electron chi connectivity index (χ0n) is 9.77. The molecule has 98 valence electrons. The van der Waals surface area contributed by atoms with E-state index in [4.69, 9.17) is 11.0 Å². The number of anilines is 2.